The Morgan fingerprint density at radius 1 is 0.968 bits per heavy atom. The lowest BCUT2D eigenvalue weighted by Gasteiger charge is -2.32. The molecule has 0 aromatic heterocycles. The Labute approximate surface area is 174 Å². The molecule has 0 radical (unpaired) electrons. The number of carbonyl (C=O) groups excluding carboxylic acids is 1. The van der Waals surface area contributed by atoms with E-state index < -0.39 is 29.2 Å². The Balaban J connectivity index is 1.78. The molecule has 4 nitrogen and oxygen atoms in total. The van der Waals surface area contributed by atoms with E-state index >= 15 is 0 Å². The van der Waals surface area contributed by atoms with Gasteiger partial charge < -0.3 is 15.4 Å². The zero-order valence-corrected chi connectivity index (χ0v) is 16.3. The van der Waals surface area contributed by atoms with Gasteiger partial charge in [0.05, 0.1) is 11.1 Å². The van der Waals surface area contributed by atoms with Gasteiger partial charge in [-0.1, -0.05) is 0 Å². The number of likely N-dealkylation sites (tertiary alicyclic amines) is 1. The van der Waals surface area contributed by atoms with Crippen molar-refractivity contribution in [3.05, 3.63) is 59.2 Å². The number of benzene rings is 2. The largest absolute Gasteiger partial charge is 0.457 e. The summed E-state index contributed by atoms with van der Waals surface area (Å²) >= 11 is 0. The van der Waals surface area contributed by atoms with Crippen LogP contribution in [0.5, 0.6) is 11.5 Å². The monoisotopic (exact) mass is 446 g/mol. The molecule has 1 heterocycles. The Bertz CT molecular complexity index is 893. The number of nitrogens with zero attached hydrogens (tertiary/aromatic N) is 1. The number of amides is 1. The van der Waals surface area contributed by atoms with Crippen LogP contribution in [0, 0.1) is 5.92 Å². The van der Waals surface area contributed by atoms with Crippen LogP contribution in [0.25, 0.3) is 0 Å². The van der Waals surface area contributed by atoms with Gasteiger partial charge in [0.25, 0.3) is 5.91 Å². The van der Waals surface area contributed by atoms with Gasteiger partial charge in [-0.05, 0) is 67.8 Å². The van der Waals surface area contributed by atoms with Crippen LogP contribution >= 0.6 is 0 Å². The number of alkyl halides is 6. The number of nitrogens with two attached hydrogens (primary N) is 1. The zero-order valence-electron chi connectivity index (χ0n) is 16.3. The van der Waals surface area contributed by atoms with Gasteiger partial charge in [-0.15, -0.1) is 0 Å². The summed E-state index contributed by atoms with van der Waals surface area (Å²) in [7, 11) is 0. The molecule has 0 saturated carbocycles. The highest BCUT2D eigenvalue weighted by Gasteiger charge is 2.37. The molecular formula is C21H20F6N2O2. The van der Waals surface area contributed by atoms with Crippen molar-refractivity contribution in [2.24, 2.45) is 11.7 Å². The molecule has 0 bridgehead atoms. The van der Waals surface area contributed by atoms with Gasteiger partial charge in [0.15, 0.2) is 0 Å². The minimum Gasteiger partial charge on any atom is -0.457 e. The number of hydrogen-bond donors (Lipinski definition) is 1. The van der Waals surface area contributed by atoms with E-state index in [1.807, 2.05) is 0 Å². The normalized spacial score (nSPS) is 17.5. The van der Waals surface area contributed by atoms with Crippen LogP contribution < -0.4 is 10.5 Å². The lowest BCUT2D eigenvalue weighted by Crippen LogP contribution is -2.42. The van der Waals surface area contributed by atoms with Crippen LogP contribution in [0.4, 0.5) is 26.3 Å². The molecule has 0 aliphatic carbocycles. The summed E-state index contributed by atoms with van der Waals surface area (Å²) in [5, 5.41) is 0. The minimum absolute atomic E-state index is 0.00229. The zero-order chi connectivity index (χ0) is 22.8. The summed E-state index contributed by atoms with van der Waals surface area (Å²) in [6.07, 6.45) is -8.15. The molecule has 1 aliphatic rings. The fraction of sp³-hybridized carbons (Fsp3) is 0.381. The molecule has 1 saturated heterocycles. The average Bonchev–Trinajstić information content (AvgIpc) is 2.72. The van der Waals surface area contributed by atoms with E-state index in [1.54, 1.807) is 4.90 Å². The van der Waals surface area contributed by atoms with E-state index in [0.29, 0.717) is 37.3 Å². The number of piperidine rings is 1. The smallest absolute Gasteiger partial charge is 0.416 e. The molecule has 1 fully saturated rings. The summed E-state index contributed by atoms with van der Waals surface area (Å²) in [4.78, 5) is 14.3. The maximum absolute atomic E-state index is 13.0. The Morgan fingerprint density at radius 3 is 2.06 bits per heavy atom. The second kappa shape index (κ2) is 8.78. The highest BCUT2D eigenvalue weighted by molar-refractivity contribution is 5.94. The molecule has 2 aromatic rings. The van der Waals surface area contributed by atoms with Crippen molar-refractivity contribution >= 4 is 5.91 Å². The lowest BCUT2D eigenvalue weighted by molar-refractivity contribution is -0.143. The Morgan fingerprint density at radius 2 is 1.55 bits per heavy atom. The third-order valence-corrected chi connectivity index (χ3v) is 5.04. The van der Waals surface area contributed by atoms with Crippen molar-refractivity contribution in [2.75, 3.05) is 19.6 Å². The predicted octanol–water partition coefficient (Wildman–Crippen LogP) is 5.33. The molecule has 1 unspecified atom stereocenters. The summed E-state index contributed by atoms with van der Waals surface area (Å²) in [5.74, 6) is -0.599. The minimum atomic E-state index is -4.97. The van der Waals surface area contributed by atoms with Gasteiger partial charge in [0, 0.05) is 18.7 Å². The lowest BCUT2D eigenvalue weighted by atomic mass is 9.97. The van der Waals surface area contributed by atoms with Crippen molar-refractivity contribution in [1.29, 1.82) is 0 Å². The summed E-state index contributed by atoms with van der Waals surface area (Å²) in [5.41, 5.74) is 3.08. The summed E-state index contributed by atoms with van der Waals surface area (Å²) < 4.78 is 83.1. The molecule has 10 heteroatoms. The molecule has 1 aliphatic heterocycles. The van der Waals surface area contributed by atoms with E-state index in [9.17, 15) is 31.1 Å². The molecule has 3 rings (SSSR count). The van der Waals surface area contributed by atoms with Gasteiger partial charge >= 0.3 is 12.4 Å². The molecule has 2 aromatic carbocycles. The Hall–Kier alpha value is -2.75. The highest BCUT2D eigenvalue weighted by atomic mass is 19.4. The van der Waals surface area contributed by atoms with Crippen LogP contribution in [0.1, 0.15) is 34.3 Å². The van der Waals surface area contributed by atoms with E-state index in [1.165, 1.54) is 24.3 Å². The number of rotatable bonds is 4. The van der Waals surface area contributed by atoms with Gasteiger partial charge in [0.1, 0.15) is 11.5 Å². The third kappa shape index (κ3) is 5.69. The van der Waals surface area contributed by atoms with Gasteiger partial charge in [-0.25, -0.2) is 0 Å². The first-order chi connectivity index (χ1) is 14.5. The second-order valence-electron chi connectivity index (χ2n) is 7.36. The molecule has 2 N–H and O–H groups in total. The van der Waals surface area contributed by atoms with Crippen LogP contribution in [-0.4, -0.2) is 30.4 Å². The van der Waals surface area contributed by atoms with Crippen LogP contribution in [0.3, 0.4) is 0 Å². The van der Waals surface area contributed by atoms with Gasteiger partial charge in [0.2, 0.25) is 0 Å². The number of carbonyl (C=O) groups is 1. The van der Waals surface area contributed by atoms with Crippen molar-refractivity contribution in [3.8, 4) is 11.5 Å². The number of hydrogen-bond acceptors (Lipinski definition) is 3. The van der Waals surface area contributed by atoms with Crippen molar-refractivity contribution in [1.82, 2.24) is 4.90 Å². The van der Waals surface area contributed by atoms with Gasteiger partial charge in [-0.3, -0.25) is 4.79 Å². The molecule has 0 spiro atoms. The van der Waals surface area contributed by atoms with Crippen molar-refractivity contribution < 1.29 is 35.9 Å². The van der Waals surface area contributed by atoms with Crippen LogP contribution in [-0.2, 0) is 12.4 Å². The second-order valence-corrected chi connectivity index (χ2v) is 7.36. The standard InChI is InChI=1S/C21H20F6N2O2/c22-20(23,24)15-8-16(21(25,26)27)10-18(9-15)31-17-5-3-14(4-6-17)19(30)29-7-1-2-13(11-28)12-29/h3-6,8-10,13H,1-2,7,11-12,28H2. The summed E-state index contributed by atoms with van der Waals surface area (Å²) in [6, 6.07) is 6.51. The van der Waals surface area contributed by atoms with E-state index in [2.05, 4.69) is 0 Å². The first-order valence-electron chi connectivity index (χ1n) is 9.54. The fourth-order valence-electron chi connectivity index (χ4n) is 3.41. The van der Waals surface area contributed by atoms with E-state index in [0.717, 1.165) is 12.8 Å². The summed E-state index contributed by atoms with van der Waals surface area (Å²) in [6.45, 7) is 1.61. The van der Waals surface area contributed by atoms with E-state index in [4.69, 9.17) is 10.5 Å². The maximum atomic E-state index is 13.0. The third-order valence-electron chi connectivity index (χ3n) is 5.04. The predicted molar refractivity (Wildman–Crippen MR) is 101 cm³/mol. The topological polar surface area (TPSA) is 55.6 Å². The number of ether oxygens (including phenoxy) is 1. The fourth-order valence-corrected chi connectivity index (χ4v) is 3.41. The first-order valence-corrected chi connectivity index (χ1v) is 9.54. The maximum Gasteiger partial charge on any atom is 0.416 e. The Kier molecular flexibility index (Phi) is 6.49. The van der Waals surface area contributed by atoms with Crippen molar-refractivity contribution in [3.63, 3.8) is 0 Å². The quantitative estimate of drug-likeness (QED) is 0.647. The molecule has 31 heavy (non-hydrogen) atoms. The first kappa shape index (κ1) is 22.9. The molecular weight excluding hydrogens is 426 g/mol. The van der Waals surface area contributed by atoms with E-state index in [-0.39, 0.29) is 23.6 Å². The molecule has 1 atom stereocenters. The SMILES string of the molecule is NCC1CCCN(C(=O)c2ccc(Oc3cc(C(F)(F)F)cc(C(F)(F)F)c3)cc2)C1. The number of halogens is 6. The van der Waals surface area contributed by atoms with Crippen LogP contribution in [0.2, 0.25) is 0 Å². The average molecular weight is 446 g/mol. The molecule has 1 amide bonds. The van der Waals surface area contributed by atoms with Crippen LogP contribution in [0.15, 0.2) is 42.5 Å². The van der Waals surface area contributed by atoms with Crippen molar-refractivity contribution in [2.45, 2.75) is 25.2 Å². The highest BCUT2D eigenvalue weighted by Crippen LogP contribution is 2.39. The molecule has 168 valence electrons. The van der Waals surface area contributed by atoms with Gasteiger partial charge in [-0.2, -0.15) is 26.3 Å².